The maximum Gasteiger partial charge on any atom is 0.170 e. The average Bonchev–Trinajstić information content (AvgIpc) is 3.16. The Morgan fingerprint density at radius 2 is 1.10 bits per heavy atom. The molecule has 0 bridgehead atoms. The Bertz CT molecular complexity index is 1830. The lowest BCUT2D eigenvalue weighted by Crippen LogP contribution is -2.51. The lowest BCUT2D eigenvalue weighted by molar-refractivity contribution is -0.0133. The molecule has 52 heavy (non-hydrogen) atoms. The molecule has 2 saturated heterocycles. The first kappa shape index (κ1) is 37.4. The summed E-state index contributed by atoms with van der Waals surface area (Å²) in [6, 6.07) is 30.0. The number of fused-ring (bicyclic) bond motifs is 2. The Hall–Kier alpha value is -4.39. The number of hydrogen-bond acceptors (Lipinski definition) is 9. The van der Waals surface area contributed by atoms with E-state index in [0.717, 1.165) is 65.0 Å². The summed E-state index contributed by atoms with van der Waals surface area (Å²) >= 11 is 4.30. The Morgan fingerprint density at radius 3 is 1.56 bits per heavy atom. The number of benzene rings is 4. The van der Waals surface area contributed by atoms with Crippen LogP contribution in [0.5, 0.6) is 11.5 Å². The third-order valence-corrected chi connectivity index (χ3v) is 10.3. The zero-order chi connectivity index (χ0) is 36.6. The van der Waals surface area contributed by atoms with Gasteiger partial charge in [-0.25, -0.2) is 8.78 Å². The number of rotatable bonds is 4. The molecular weight excluding hydrogens is 690 g/mol. The first-order valence-corrected chi connectivity index (χ1v) is 17.9. The van der Waals surface area contributed by atoms with Crippen LogP contribution in [0.1, 0.15) is 65.6 Å². The van der Waals surface area contributed by atoms with Gasteiger partial charge < -0.3 is 19.9 Å². The van der Waals surface area contributed by atoms with Crippen LogP contribution in [-0.4, -0.2) is 69.1 Å². The number of carbonyl (C=O) groups excluding carboxylic acids is 1. The van der Waals surface area contributed by atoms with E-state index in [-0.39, 0.29) is 17.3 Å². The lowest BCUT2D eigenvalue weighted by Gasteiger charge is -2.44. The number of hydrogen-bond donors (Lipinski definition) is 3. The first-order chi connectivity index (χ1) is 25.3. The van der Waals surface area contributed by atoms with E-state index in [1.807, 2.05) is 24.3 Å². The van der Waals surface area contributed by atoms with Gasteiger partial charge in [0.25, 0.3) is 0 Å². The minimum absolute atomic E-state index is 0.00717. The van der Waals surface area contributed by atoms with Gasteiger partial charge in [-0.05, 0) is 35.4 Å². The van der Waals surface area contributed by atoms with Crippen LogP contribution in [-0.2, 0) is 13.1 Å². The Morgan fingerprint density at radius 1 is 0.673 bits per heavy atom. The zero-order valence-corrected chi connectivity index (χ0v) is 29.6. The zero-order valence-electron chi connectivity index (χ0n) is 28.8. The summed E-state index contributed by atoms with van der Waals surface area (Å²) in [6.45, 7) is 5.26. The molecule has 4 heterocycles. The first-order valence-electron chi connectivity index (χ1n) is 17.5. The molecule has 3 N–H and O–H groups in total. The molecule has 4 aromatic rings. The van der Waals surface area contributed by atoms with Crippen LogP contribution >= 0.6 is 11.8 Å². The van der Waals surface area contributed by atoms with Crippen molar-refractivity contribution in [2.75, 3.05) is 26.2 Å². The maximum atomic E-state index is 14.2. The normalized spacial score (nSPS) is 19.6. The third kappa shape index (κ3) is 8.79. The smallest absolute Gasteiger partial charge is 0.170 e. The van der Waals surface area contributed by atoms with Gasteiger partial charge in [0.2, 0.25) is 0 Å². The molecule has 2 spiro atoms. The minimum atomic E-state index is -0.542. The van der Waals surface area contributed by atoms with Crippen LogP contribution < -0.4 is 14.5 Å². The number of piperidine rings is 2. The highest BCUT2D eigenvalue weighted by Gasteiger charge is 2.44. The Labute approximate surface area is 307 Å². The largest absolute Gasteiger partial charge is 0.483 e. The number of para-hydroxylation sites is 2. The van der Waals surface area contributed by atoms with Gasteiger partial charge in [-0.15, -0.1) is 5.00 Å². The molecule has 4 aliphatic rings. The lowest BCUT2D eigenvalue weighted by atomic mass is 9.82. The van der Waals surface area contributed by atoms with Gasteiger partial charge in [0.1, 0.15) is 11.2 Å². The number of oxime groups is 1. The number of ketones is 1. The van der Waals surface area contributed by atoms with E-state index >= 15 is 0 Å². The molecule has 0 radical (unpaired) electrons. The topological polar surface area (TPSA) is 107 Å². The molecular formula is C40H43ClF2N4O5. The van der Waals surface area contributed by atoms with Crippen molar-refractivity contribution < 1.29 is 33.5 Å². The average molecular weight is 733 g/mol. The second-order valence-corrected chi connectivity index (χ2v) is 13.9. The standard InChI is InChI=1S/C20H21FN2O2.C20H20FNO2.ClH2NO/c21-17-8-4-7-16-18(22-24)13-20(25-19(16)17)9-11-23(12-10-20)14-15-5-2-1-3-6-15;21-17-8-4-7-16-18(23)13-20(24-19(16)17)9-11-22(12-10-20)14-15-5-2-1-3-6-15;1-2-3/h1-8,24H,9-14H2;1-8H,9-14H2;2-3H/b22-18-;;. The van der Waals surface area contributed by atoms with Crippen LogP contribution in [0.2, 0.25) is 0 Å². The van der Waals surface area contributed by atoms with E-state index in [1.54, 1.807) is 24.3 Å². The summed E-state index contributed by atoms with van der Waals surface area (Å²) in [5.41, 5.74) is 3.00. The van der Waals surface area contributed by atoms with Gasteiger partial charge in [0.15, 0.2) is 28.9 Å². The second kappa shape index (κ2) is 17.0. The number of Topliss-reactive ketones (excluding diaryl/α,β-unsaturated/α-hetero) is 1. The fourth-order valence-corrected chi connectivity index (χ4v) is 7.53. The van der Waals surface area contributed by atoms with Crippen molar-refractivity contribution in [3.05, 3.63) is 131 Å². The molecule has 0 saturated carbocycles. The van der Waals surface area contributed by atoms with Gasteiger partial charge in [0.05, 0.1) is 17.7 Å². The highest BCUT2D eigenvalue weighted by atomic mass is 35.5. The Kier molecular flexibility index (Phi) is 12.2. The molecule has 4 aliphatic heterocycles. The molecule has 0 aliphatic carbocycles. The van der Waals surface area contributed by atoms with Crippen LogP contribution in [0.4, 0.5) is 8.78 Å². The van der Waals surface area contributed by atoms with Gasteiger partial charge in [-0.1, -0.05) is 78.0 Å². The van der Waals surface area contributed by atoms with Gasteiger partial charge in [-0.2, -0.15) is 0 Å². The molecule has 0 atom stereocenters. The number of nitrogens with one attached hydrogen (secondary N) is 1. The quantitative estimate of drug-likeness (QED) is 0.111. The summed E-state index contributed by atoms with van der Waals surface area (Å²) in [7, 11) is 0. The number of carbonyl (C=O) groups is 1. The van der Waals surface area contributed by atoms with Gasteiger partial charge >= 0.3 is 0 Å². The number of ether oxygens (including phenoxy) is 2. The van der Waals surface area contributed by atoms with Crippen LogP contribution in [0.15, 0.2) is 102 Å². The van der Waals surface area contributed by atoms with E-state index in [1.165, 1.54) is 28.3 Å². The van der Waals surface area contributed by atoms with E-state index in [9.17, 15) is 18.8 Å². The molecule has 2 fully saturated rings. The van der Waals surface area contributed by atoms with Crippen molar-refractivity contribution >= 4 is 23.3 Å². The van der Waals surface area contributed by atoms with Gasteiger partial charge in [-0.3, -0.25) is 14.6 Å². The van der Waals surface area contributed by atoms with Crippen molar-refractivity contribution in [3.8, 4) is 11.5 Å². The van der Waals surface area contributed by atoms with E-state index < -0.39 is 22.8 Å². The van der Waals surface area contributed by atoms with Crippen LogP contribution in [0.25, 0.3) is 0 Å². The summed E-state index contributed by atoms with van der Waals surface area (Å²) in [6.07, 6.45) is 3.93. The van der Waals surface area contributed by atoms with Crippen molar-refractivity contribution in [1.82, 2.24) is 14.8 Å². The highest BCUT2D eigenvalue weighted by Crippen LogP contribution is 2.42. The van der Waals surface area contributed by atoms with Crippen molar-refractivity contribution in [1.29, 1.82) is 0 Å². The van der Waals surface area contributed by atoms with Crippen molar-refractivity contribution in [2.45, 2.75) is 62.8 Å². The minimum Gasteiger partial charge on any atom is -0.483 e. The van der Waals surface area contributed by atoms with Gasteiger partial charge in [0, 0.05) is 88.7 Å². The fourth-order valence-electron chi connectivity index (χ4n) is 7.53. The highest BCUT2D eigenvalue weighted by molar-refractivity contribution is 6.12. The van der Waals surface area contributed by atoms with Crippen LogP contribution in [0.3, 0.4) is 0 Å². The maximum absolute atomic E-state index is 14.2. The summed E-state index contributed by atoms with van der Waals surface area (Å²) < 4.78 is 40.4. The molecule has 4 aromatic carbocycles. The third-order valence-electron chi connectivity index (χ3n) is 10.3. The molecule has 0 unspecified atom stereocenters. The molecule has 274 valence electrons. The number of halogens is 3. The summed E-state index contributed by atoms with van der Waals surface area (Å²) in [5.74, 6) is -0.480. The fraction of sp³-hybridized carbons (Fsp3) is 0.350. The van der Waals surface area contributed by atoms with Crippen molar-refractivity contribution in [2.24, 2.45) is 5.16 Å². The van der Waals surface area contributed by atoms with E-state index in [4.69, 9.17) is 14.7 Å². The van der Waals surface area contributed by atoms with E-state index in [2.05, 4.69) is 63.1 Å². The summed E-state index contributed by atoms with van der Waals surface area (Å²) in [5, 5.41) is 19.9. The monoisotopic (exact) mass is 732 g/mol. The summed E-state index contributed by atoms with van der Waals surface area (Å²) in [4.78, 5) is 18.4. The second-order valence-electron chi connectivity index (χ2n) is 13.7. The molecule has 12 heteroatoms. The predicted octanol–water partition coefficient (Wildman–Crippen LogP) is 7.77. The molecule has 0 aromatic heterocycles. The van der Waals surface area contributed by atoms with Crippen molar-refractivity contribution in [3.63, 3.8) is 0 Å². The molecule has 9 nitrogen and oxygen atoms in total. The molecule has 8 rings (SSSR count). The number of likely N-dealkylation sites (tertiary alicyclic amines) is 2. The van der Waals surface area contributed by atoms with E-state index in [0.29, 0.717) is 29.7 Å². The predicted molar refractivity (Wildman–Crippen MR) is 194 cm³/mol. The molecule has 0 amide bonds. The number of nitrogens with zero attached hydrogens (tertiary/aromatic N) is 3. The SMILES string of the molecule is O/N=C1/CC2(CCN(Cc3ccccc3)CC2)Oc2c(F)cccc21.O=C1CC2(CCN(Cc3ccccc3)CC2)Oc2c(F)cccc21.ONCl. The Balaban J connectivity index is 0.000000166. The van der Waals surface area contributed by atoms with Crippen LogP contribution in [0, 0.1) is 11.6 Å².